The molecular weight excluding hydrogens is 338 g/mol. The number of methoxy groups -OCH3 is 1. The third kappa shape index (κ3) is 4.08. The number of hydrogen-bond donors (Lipinski definition) is 1. The molecule has 0 unspecified atom stereocenters. The highest BCUT2D eigenvalue weighted by molar-refractivity contribution is 5.95. The fourth-order valence-electron chi connectivity index (χ4n) is 3.06. The van der Waals surface area contributed by atoms with Crippen LogP contribution >= 0.6 is 0 Å². The van der Waals surface area contributed by atoms with E-state index in [9.17, 15) is 4.79 Å². The van der Waals surface area contributed by atoms with E-state index in [4.69, 9.17) is 4.74 Å². The molecule has 27 heavy (non-hydrogen) atoms. The Morgan fingerprint density at radius 1 is 1.07 bits per heavy atom. The molecule has 5 nitrogen and oxygen atoms in total. The monoisotopic (exact) mass is 361 g/mol. The first kappa shape index (κ1) is 18.5. The third-order valence-electron chi connectivity index (χ3n) is 4.45. The van der Waals surface area contributed by atoms with E-state index in [1.54, 1.807) is 19.4 Å². The summed E-state index contributed by atoms with van der Waals surface area (Å²) in [6, 6.07) is 17.4. The number of amides is 1. The van der Waals surface area contributed by atoms with E-state index in [0.29, 0.717) is 5.56 Å². The number of benzene rings is 2. The highest BCUT2D eigenvalue weighted by Crippen LogP contribution is 2.21. The summed E-state index contributed by atoms with van der Waals surface area (Å²) in [5.41, 5.74) is 8.36. The molecule has 1 heterocycles. The number of hydrazone groups is 1. The Kier molecular flexibility index (Phi) is 5.41. The lowest BCUT2D eigenvalue weighted by molar-refractivity contribution is 0.0955. The van der Waals surface area contributed by atoms with Crippen LogP contribution in [0.15, 0.2) is 59.7 Å². The molecule has 2 aromatic carbocycles. The molecule has 0 fully saturated rings. The van der Waals surface area contributed by atoms with Crippen LogP contribution in [0.1, 0.15) is 32.9 Å². The highest BCUT2D eigenvalue weighted by Gasteiger charge is 2.10. The lowest BCUT2D eigenvalue weighted by Gasteiger charge is -2.10. The Balaban J connectivity index is 1.77. The van der Waals surface area contributed by atoms with Crippen LogP contribution in [0.25, 0.3) is 5.69 Å². The zero-order valence-corrected chi connectivity index (χ0v) is 16.0. The van der Waals surface area contributed by atoms with Gasteiger partial charge in [-0.05, 0) is 63.2 Å². The van der Waals surface area contributed by atoms with Crippen LogP contribution in [0.3, 0.4) is 0 Å². The van der Waals surface area contributed by atoms with Gasteiger partial charge in [-0.3, -0.25) is 4.79 Å². The van der Waals surface area contributed by atoms with Gasteiger partial charge in [0.05, 0.1) is 13.3 Å². The number of rotatable bonds is 5. The Morgan fingerprint density at radius 2 is 1.81 bits per heavy atom. The van der Waals surface area contributed by atoms with Gasteiger partial charge < -0.3 is 9.30 Å². The van der Waals surface area contributed by atoms with Crippen molar-refractivity contribution in [1.82, 2.24) is 9.99 Å². The van der Waals surface area contributed by atoms with Crippen LogP contribution in [0.5, 0.6) is 5.75 Å². The molecule has 0 atom stereocenters. The van der Waals surface area contributed by atoms with Crippen LogP contribution in [0.4, 0.5) is 0 Å². The SMILES string of the molecule is COc1ccc(-n2c(C)cc(/C=N/NC(=O)c3cccc(C)c3)c2C)cc1. The van der Waals surface area contributed by atoms with Crippen molar-refractivity contribution in [3.63, 3.8) is 0 Å². The second-order valence-electron chi connectivity index (χ2n) is 6.43. The number of carbonyl (C=O) groups excluding carboxylic acids is 1. The lowest BCUT2D eigenvalue weighted by atomic mass is 10.1. The molecule has 0 aliphatic carbocycles. The summed E-state index contributed by atoms with van der Waals surface area (Å²) in [5.74, 6) is 0.598. The summed E-state index contributed by atoms with van der Waals surface area (Å²) < 4.78 is 7.36. The van der Waals surface area contributed by atoms with Gasteiger partial charge in [-0.1, -0.05) is 17.7 Å². The molecule has 0 aliphatic heterocycles. The average molecular weight is 361 g/mol. The molecule has 5 heteroatoms. The topological polar surface area (TPSA) is 55.6 Å². The number of ether oxygens (including phenoxy) is 1. The van der Waals surface area contributed by atoms with Crippen molar-refractivity contribution in [3.05, 3.63) is 82.7 Å². The summed E-state index contributed by atoms with van der Waals surface area (Å²) in [6.45, 7) is 6.02. The molecule has 0 saturated heterocycles. The van der Waals surface area contributed by atoms with Crippen LogP contribution in [0.2, 0.25) is 0 Å². The first-order chi connectivity index (χ1) is 13.0. The smallest absolute Gasteiger partial charge is 0.271 e. The molecule has 0 aliphatic rings. The van der Waals surface area contributed by atoms with Crippen molar-refractivity contribution >= 4 is 12.1 Å². The molecule has 1 N–H and O–H groups in total. The Bertz CT molecular complexity index is 985. The van der Waals surface area contributed by atoms with Crippen molar-refractivity contribution in [1.29, 1.82) is 0 Å². The van der Waals surface area contributed by atoms with Gasteiger partial charge in [0, 0.05) is 28.2 Å². The maximum atomic E-state index is 12.2. The van der Waals surface area contributed by atoms with E-state index < -0.39 is 0 Å². The standard InChI is InChI=1S/C22H23N3O2/c1-15-6-5-7-18(12-15)22(26)24-23-14-19-13-16(2)25(17(19)3)20-8-10-21(27-4)11-9-20/h5-14H,1-4H3,(H,24,26)/b23-14+. The molecule has 0 radical (unpaired) electrons. The minimum atomic E-state index is -0.223. The number of aromatic nitrogens is 1. The highest BCUT2D eigenvalue weighted by atomic mass is 16.5. The van der Waals surface area contributed by atoms with Crippen LogP contribution in [-0.2, 0) is 0 Å². The maximum Gasteiger partial charge on any atom is 0.271 e. The van der Waals surface area contributed by atoms with E-state index in [1.807, 2.05) is 69.3 Å². The lowest BCUT2D eigenvalue weighted by Crippen LogP contribution is -2.17. The summed E-state index contributed by atoms with van der Waals surface area (Å²) >= 11 is 0. The first-order valence-corrected chi connectivity index (χ1v) is 8.73. The van der Waals surface area contributed by atoms with Crippen molar-refractivity contribution in [3.8, 4) is 11.4 Å². The first-order valence-electron chi connectivity index (χ1n) is 8.73. The van der Waals surface area contributed by atoms with Crippen molar-refractivity contribution in [2.75, 3.05) is 7.11 Å². The van der Waals surface area contributed by atoms with Crippen LogP contribution in [0, 0.1) is 20.8 Å². The second kappa shape index (κ2) is 7.91. The molecule has 1 amide bonds. The predicted molar refractivity (Wildman–Crippen MR) is 108 cm³/mol. The van der Waals surface area contributed by atoms with Gasteiger partial charge in [0.15, 0.2) is 0 Å². The Morgan fingerprint density at radius 3 is 2.48 bits per heavy atom. The summed E-state index contributed by atoms with van der Waals surface area (Å²) in [4.78, 5) is 12.2. The van der Waals surface area contributed by atoms with E-state index in [0.717, 1.165) is 34.0 Å². The minimum absolute atomic E-state index is 0.223. The van der Waals surface area contributed by atoms with Crippen molar-refractivity contribution in [2.24, 2.45) is 5.10 Å². The molecule has 3 rings (SSSR count). The zero-order valence-electron chi connectivity index (χ0n) is 16.0. The number of aryl methyl sites for hydroxylation is 2. The van der Waals surface area contributed by atoms with Gasteiger partial charge in [-0.2, -0.15) is 5.10 Å². The Hall–Kier alpha value is -3.34. The normalized spacial score (nSPS) is 11.0. The van der Waals surface area contributed by atoms with Crippen LogP contribution < -0.4 is 10.2 Å². The molecule has 0 bridgehead atoms. The molecule has 3 aromatic rings. The summed E-state index contributed by atoms with van der Waals surface area (Å²) in [6.07, 6.45) is 1.68. The molecular formula is C22H23N3O2. The quantitative estimate of drug-likeness (QED) is 0.548. The van der Waals surface area contributed by atoms with Gasteiger partial charge in [-0.15, -0.1) is 0 Å². The number of hydrogen-bond acceptors (Lipinski definition) is 3. The van der Waals surface area contributed by atoms with E-state index in [-0.39, 0.29) is 5.91 Å². The molecule has 1 aromatic heterocycles. The minimum Gasteiger partial charge on any atom is -0.497 e. The second-order valence-corrected chi connectivity index (χ2v) is 6.43. The van der Waals surface area contributed by atoms with E-state index >= 15 is 0 Å². The Labute approximate surface area is 159 Å². The fourth-order valence-corrected chi connectivity index (χ4v) is 3.06. The van der Waals surface area contributed by atoms with Gasteiger partial charge >= 0.3 is 0 Å². The van der Waals surface area contributed by atoms with Gasteiger partial charge in [0.25, 0.3) is 5.91 Å². The van der Waals surface area contributed by atoms with Gasteiger partial charge in [-0.25, -0.2) is 5.43 Å². The summed E-state index contributed by atoms with van der Waals surface area (Å²) in [7, 11) is 1.65. The average Bonchev–Trinajstić information content (AvgIpc) is 2.95. The van der Waals surface area contributed by atoms with Gasteiger partial charge in [0.2, 0.25) is 0 Å². The van der Waals surface area contributed by atoms with Crippen molar-refractivity contribution in [2.45, 2.75) is 20.8 Å². The molecule has 0 saturated carbocycles. The molecule has 0 spiro atoms. The number of nitrogens with zero attached hydrogens (tertiary/aromatic N) is 2. The molecule has 138 valence electrons. The van der Waals surface area contributed by atoms with Gasteiger partial charge in [0.1, 0.15) is 5.75 Å². The number of carbonyl (C=O) groups is 1. The number of nitrogens with one attached hydrogen (secondary N) is 1. The van der Waals surface area contributed by atoms with Crippen molar-refractivity contribution < 1.29 is 9.53 Å². The largest absolute Gasteiger partial charge is 0.497 e. The zero-order chi connectivity index (χ0) is 19.4. The van der Waals surface area contributed by atoms with E-state index in [1.165, 1.54) is 0 Å². The third-order valence-corrected chi connectivity index (χ3v) is 4.45. The van der Waals surface area contributed by atoms with E-state index in [2.05, 4.69) is 15.1 Å². The summed E-state index contributed by atoms with van der Waals surface area (Å²) in [5, 5.41) is 4.13. The fraction of sp³-hybridized carbons (Fsp3) is 0.182. The van der Waals surface area contributed by atoms with Crippen LogP contribution in [-0.4, -0.2) is 23.8 Å². The predicted octanol–water partition coefficient (Wildman–Crippen LogP) is 4.18. The maximum absolute atomic E-state index is 12.2.